The largest absolute Gasteiger partial charge is 0.497 e. The highest BCUT2D eigenvalue weighted by Gasteiger charge is 2.60. The quantitative estimate of drug-likeness (QED) is 0.276. The molecule has 2 atom stereocenters. The third-order valence-electron chi connectivity index (χ3n) is 4.39. The molecule has 0 aromatic rings. The molecule has 2 N–H and O–H groups in total. The Labute approximate surface area is 171 Å². The summed E-state index contributed by atoms with van der Waals surface area (Å²) in [7, 11) is -16.9. The Hall–Kier alpha value is -1.73. The van der Waals surface area contributed by atoms with Crippen LogP contribution in [-0.2, 0) is 29.7 Å². The average Bonchev–Trinajstić information content (AvgIpc) is 2.55. The molecule has 1 rings (SSSR count). The van der Waals surface area contributed by atoms with Crippen LogP contribution >= 0.6 is 0 Å². The van der Waals surface area contributed by atoms with Gasteiger partial charge in [0, 0.05) is 16.9 Å². The van der Waals surface area contributed by atoms with Crippen molar-refractivity contribution in [2.75, 3.05) is 11.5 Å². The number of halogens is 6. The zero-order valence-corrected chi connectivity index (χ0v) is 17.4. The van der Waals surface area contributed by atoms with E-state index in [4.69, 9.17) is 5.14 Å². The van der Waals surface area contributed by atoms with E-state index < -0.39 is 86.3 Å². The number of alkyl halides is 6. The van der Waals surface area contributed by atoms with Gasteiger partial charge in [0.15, 0.2) is 5.25 Å². The second-order valence-corrected chi connectivity index (χ2v) is 12.2. The lowest BCUT2D eigenvalue weighted by Gasteiger charge is -2.34. The second-order valence-electron chi connectivity index (χ2n) is 6.30. The number of rotatable bonds is 8. The van der Waals surface area contributed by atoms with E-state index in [9.17, 15) is 61.7 Å². The van der Waals surface area contributed by atoms with Crippen LogP contribution in [0.3, 0.4) is 0 Å². The van der Waals surface area contributed by atoms with E-state index in [0.717, 1.165) is 6.08 Å². The molecular formula is C12H14F6N2O8S3. The first-order valence-corrected chi connectivity index (χ1v) is 12.6. The maximum Gasteiger partial charge on any atom is 0.497 e. The molecule has 0 amide bonds. The molecule has 10 nitrogen and oxygen atoms in total. The molecule has 2 unspecified atom stereocenters. The van der Waals surface area contributed by atoms with Crippen molar-refractivity contribution in [1.29, 1.82) is 0 Å². The number of sulfone groups is 2. The third-order valence-corrected chi connectivity index (χ3v) is 8.54. The molecule has 19 heteroatoms. The number of nitro groups is 1. The van der Waals surface area contributed by atoms with Crippen LogP contribution in [-0.4, -0.2) is 63.5 Å². The maximum absolute atomic E-state index is 12.6. The van der Waals surface area contributed by atoms with Gasteiger partial charge in [-0.2, -0.15) is 26.3 Å². The summed E-state index contributed by atoms with van der Waals surface area (Å²) in [5.74, 6) is -3.82. The minimum Gasteiger partial charge on any atom is -0.264 e. The van der Waals surface area contributed by atoms with E-state index in [0.29, 0.717) is 12.2 Å². The minimum atomic E-state index is -6.02. The summed E-state index contributed by atoms with van der Waals surface area (Å²) in [6.45, 7) is 0. The first-order chi connectivity index (χ1) is 13.6. The molecule has 0 radical (unpaired) electrons. The highest BCUT2D eigenvalue weighted by atomic mass is 32.2. The molecule has 0 spiro atoms. The van der Waals surface area contributed by atoms with Gasteiger partial charge in [0.25, 0.3) is 5.54 Å². The molecule has 31 heavy (non-hydrogen) atoms. The molecular weight excluding hydrogens is 510 g/mol. The van der Waals surface area contributed by atoms with Gasteiger partial charge in [-0.3, -0.25) is 10.1 Å². The zero-order valence-electron chi connectivity index (χ0n) is 14.9. The Morgan fingerprint density at radius 2 is 1.42 bits per heavy atom. The highest BCUT2D eigenvalue weighted by molar-refractivity contribution is 7.92. The van der Waals surface area contributed by atoms with Crippen LogP contribution < -0.4 is 5.14 Å². The second kappa shape index (κ2) is 8.32. The number of nitrogens with two attached hydrogens (primary N) is 1. The lowest BCUT2D eigenvalue weighted by Crippen LogP contribution is -2.57. The summed E-state index contributed by atoms with van der Waals surface area (Å²) in [4.78, 5) is 10.3. The van der Waals surface area contributed by atoms with Crippen molar-refractivity contribution in [1.82, 2.24) is 0 Å². The van der Waals surface area contributed by atoms with E-state index in [1.165, 1.54) is 0 Å². The Morgan fingerprint density at radius 3 is 1.81 bits per heavy atom. The molecule has 0 aromatic carbocycles. The lowest BCUT2D eigenvalue weighted by molar-refractivity contribution is -0.557. The number of primary sulfonamides is 1. The Bertz CT molecular complexity index is 1110. The van der Waals surface area contributed by atoms with Gasteiger partial charge in [-0.25, -0.2) is 30.4 Å². The SMILES string of the molecule is NS(=O)(=O)C1C=CC=C(CCS(=O)(=O)C(F)(F)F)C1(CCS(=O)(=O)C(F)(F)F)[N+](=O)[O-]. The molecule has 0 bridgehead atoms. The lowest BCUT2D eigenvalue weighted by atomic mass is 9.79. The number of nitrogens with zero attached hydrogens (tertiary/aromatic N) is 1. The minimum absolute atomic E-state index is 0.542. The summed E-state index contributed by atoms with van der Waals surface area (Å²) in [6.07, 6.45) is -1.04. The van der Waals surface area contributed by atoms with Crippen molar-refractivity contribution in [3.05, 3.63) is 33.9 Å². The Kier molecular flexibility index (Phi) is 7.33. The highest BCUT2D eigenvalue weighted by Crippen LogP contribution is 2.40. The van der Waals surface area contributed by atoms with Crippen molar-refractivity contribution in [3.63, 3.8) is 0 Å². The third kappa shape index (κ3) is 5.55. The number of hydrogen-bond donors (Lipinski definition) is 1. The van der Waals surface area contributed by atoms with Crippen molar-refractivity contribution in [2.45, 2.75) is 34.6 Å². The molecule has 0 aromatic heterocycles. The van der Waals surface area contributed by atoms with Gasteiger partial charge in [-0.1, -0.05) is 18.2 Å². The predicted molar refractivity (Wildman–Crippen MR) is 92.8 cm³/mol. The number of hydrogen-bond acceptors (Lipinski definition) is 8. The molecule has 0 saturated carbocycles. The standard InChI is InChI=1S/C12H14F6N2O8S3/c13-11(14,15)29(23,24)6-4-8-2-1-3-9(31(19,27)28)10(8,20(21)22)5-7-30(25,26)12(16,17)18/h1-3,9H,4-7H2,(H2,19,27,28). The van der Waals surface area contributed by atoms with Gasteiger partial charge in [0.1, 0.15) is 0 Å². The number of allylic oxidation sites excluding steroid dienone is 2. The first-order valence-electron chi connectivity index (χ1n) is 7.71. The fourth-order valence-electron chi connectivity index (χ4n) is 2.82. The van der Waals surface area contributed by atoms with Crippen molar-refractivity contribution in [2.24, 2.45) is 5.14 Å². The van der Waals surface area contributed by atoms with Gasteiger partial charge in [-0.05, 0) is 6.42 Å². The van der Waals surface area contributed by atoms with Gasteiger partial charge < -0.3 is 0 Å². The summed E-state index contributed by atoms with van der Waals surface area (Å²) in [5, 5.41) is 14.2. The van der Waals surface area contributed by atoms with E-state index >= 15 is 0 Å². The van der Waals surface area contributed by atoms with Crippen molar-refractivity contribution in [3.8, 4) is 0 Å². The van der Waals surface area contributed by atoms with E-state index in [-0.39, 0.29) is 0 Å². The van der Waals surface area contributed by atoms with Crippen LogP contribution in [0.2, 0.25) is 0 Å². The monoisotopic (exact) mass is 524 g/mol. The normalized spacial score (nSPS) is 23.5. The average molecular weight is 524 g/mol. The van der Waals surface area contributed by atoms with Crippen LogP contribution in [0.25, 0.3) is 0 Å². The molecule has 0 heterocycles. The fraction of sp³-hybridized carbons (Fsp3) is 0.667. The summed E-state index contributed by atoms with van der Waals surface area (Å²) >= 11 is 0. The summed E-state index contributed by atoms with van der Waals surface area (Å²) in [5.41, 5.74) is -15.9. The van der Waals surface area contributed by atoms with Crippen LogP contribution in [0.5, 0.6) is 0 Å². The number of sulfonamides is 1. The predicted octanol–water partition coefficient (Wildman–Crippen LogP) is 0.805. The van der Waals surface area contributed by atoms with Crippen molar-refractivity contribution >= 4 is 29.7 Å². The van der Waals surface area contributed by atoms with Crippen LogP contribution in [0.1, 0.15) is 12.8 Å². The first kappa shape index (κ1) is 27.3. The fourth-order valence-corrected chi connectivity index (χ4v) is 5.56. The van der Waals surface area contributed by atoms with E-state index in [1.807, 2.05) is 0 Å². The van der Waals surface area contributed by atoms with Crippen LogP contribution in [0.4, 0.5) is 26.3 Å². The molecule has 1 aliphatic carbocycles. The molecule has 0 aliphatic heterocycles. The van der Waals surface area contributed by atoms with Crippen LogP contribution in [0, 0.1) is 10.1 Å². The maximum atomic E-state index is 12.6. The molecule has 0 saturated heterocycles. The smallest absolute Gasteiger partial charge is 0.264 e. The van der Waals surface area contributed by atoms with Gasteiger partial charge in [0.2, 0.25) is 29.7 Å². The summed E-state index contributed by atoms with van der Waals surface area (Å²) < 4.78 is 145. The van der Waals surface area contributed by atoms with Gasteiger partial charge in [-0.15, -0.1) is 0 Å². The molecule has 1 aliphatic rings. The van der Waals surface area contributed by atoms with Gasteiger partial charge >= 0.3 is 11.0 Å². The van der Waals surface area contributed by atoms with Crippen molar-refractivity contribution < 1.29 is 56.5 Å². The molecule has 0 fully saturated rings. The van der Waals surface area contributed by atoms with E-state index in [2.05, 4.69) is 0 Å². The topological polar surface area (TPSA) is 172 Å². The van der Waals surface area contributed by atoms with Crippen LogP contribution in [0.15, 0.2) is 23.8 Å². The summed E-state index contributed by atoms with van der Waals surface area (Å²) in [6, 6.07) is 0. The molecule has 180 valence electrons. The Morgan fingerprint density at radius 1 is 0.968 bits per heavy atom. The zero-order chi connectivity index (χ0) is 24.7. The Balaban J connectivity index is 3.57. The van der Waals surface area contributed by atoms with E-state index in [1.54, 1.807) is 0 Å². The van der Waals surface area contributed by atoms with Gasteiger partial charge in [0.05, 0.1) is 11.5 Å².